The molecule has 2 heteroatoms. The molecule has 9 aromatic carbocycles. The maximum absolute atomic E-state index is 6.63. The lowest BCUT2D eigenvalue weighted by Gasteiger charge is -2.18. The molecule has 48 heavy (non-hydrogen) atoms. The molecule has 11 aromatic rings. The number of hydrogen-bond acceptors (Lipinski definition) is 2. The highest BCUT2D eigenvalue weighted by Gasteiger charge is 2.20. The van der Waals surface area contributed by atoms with Crippen molar-refractivity contribution in [3.05, 3.63) is 158 Å². The third kappa shape index (κ3) is 3.46. The average Bonchev–Trinajstić information content (AvgIpc) is 3.72. The van der Waals surface area contributed by atoms with Gasteiger partial charge in [0.05, 0.1) is 0 Å². The fourth-order valence-corrected chi connectivity index (χ4v) is 8.19. The standard InChI is InChI=1S/C46H26O2/c1-2-12-29-27(10-1)11-9-18-31(29)44-34-16-5-3-14-32(34)43(33-15-4-6-17-35(33)44)28-20-21-39-42(26-28)47-41-25-24-38-36(45(39)41)22-23-37-30-13-7-8-19-40(30)48-46(37)38/h1-26H. The molecule has 0 unspecified atom stereocenters. The van der Waals surface area contributed by atoms with Gasteiger partial charge in [0, 0.05) is 26.9 Å². The molecule has 2 heterocycles. The summed E-state index contributed by atoms with van der Waals surface area (Å²) in [6.45, 7) is 0. The third-order valence-corrected chi connectivity index (χ3v) is 10.3. The summed E-state index contributed by atoms with van der Waals surface area (Å²) < 4.78 is 13.0. The SMILES string of the molecule is c1ccc2c(-c3c4ccccc4c(-c4ccc5c(c4)oc4ccc6c(ccc7c8ccccc8oc76)c45)c4ccccc34)cccc2c1. The van der Waals surface area contributed by atoms with E-state index in [9.17, 15) is 0 Å². The Morgan fingerprint density at radius 1 is 0.312 bits per heavy atom. The van der Waals surface area contributed by atoms with Gasteiger partial charge >= 0.3 is 0 Å². The summed E-state index contributed by atoms with van der Waals surface area (Å²) in [6.07, 6.45) is 0. The highest BCUT2D eigenvalue weighted by molar-refractivity contribution is 6.27. The van der Waals surface area contributed by atoms with E-state index in [0.717, 1.165) is 60.2 Å². The van der Waals surface area contributed by atoms with Gasteiger partial charge in [-0.25, -0.2) is 0 Å². The van der Waals surface area contributed by atoms with Crippen LogP contribution in [0.3, 0.4) is 0 Å². The quantitative estimate of drug-likeness (QED) is 0.182. The van der Waals surface area contributed by atoms with Gasteiger partial charge in [-0.2, -0.15) is 0 Å². The summed E-state index contributed by atoms with van der Waals surface area (Å²) in [4.78, 5) is 0. The van der Waals surface area contributed by atoms with E-state index in [1.807, 2.05) is 12.1 Å². The maximum Gasteiger partial charge on any atom is 0.143 e. The maximum atomic E-state index is 6.63. The molecule has 0 aliphatic heterocycles. The molecule has 0 aliphatic carbocycles. The van der Waals surface area contributed by atoms with Crippen molar-refractivity contribution in [2.24, 2.45) is 0 Å². The van der Waals surface area contributed by atoms with Gasteiger partial charge in [0.1, 0.15) is 22.3 Å². The van der Waals surface area contributed by atoms with E-state index in [1.54, 1.807) is 0 Å². The van der Waals surface area contributed by atoms with Crippen LogP contribution in [-0.4, -0.2) is 0 Å². The molecule has 0 atom stereocenters. The van der Waals surface area contributed by atoms with Gasteiger partial charge in [0.2, 0.25) is 0 Å². The lowest BCUT2D eigenvalue weighted by atomic mass is 9.84. The predicted molar refractivity (Wildman–Crippen MR) is 202 cm³/mol. The first kappa shape index (κ1) is 25.8. The molecule has 2 aromatic heterocycles. The summed E-state index contributed by atoms with van der Waals surface area (Å²) in [7, 11) is 0. The van der Waals surface area contributed by atoms with Crippen molar-refractivity contribution >= 4 is 87.0 Å². The molecule has 0 N–H and O–H groups in total. The van der Waals surface area contributed by atoms with E-state index in [1.165, 1.54) is 49.0 Å². The second-order valence-electron chi connectivity index (χ2n) is 12.8. The van der Waals surface area contributed by atoms with E-state index in [0.29, 0.717) is 0 Å². The number of benzene rings is 9. The molecule has 0 saturated carbocycles. The van der Waals surface area contributed by atoms with Gasteiger partial charge in [-0.1, -0.05) is 121 Å². The second kappa shape index (κ2) is 9.57. The molecule has 0 bridgehead atoms. The Hall–Kier alpha value is -6.38. The van der Waals surface area contributed by atoms with E-state index < -0.39 is 0 Å². The Kier molecular flexibility index (Phi) is 5.14. The van der Waals surface area contributed by atoms with Crippen LogP contribution >= 0.6 is 0 Å². The zero-order chi connectivity index (χ0) is 31.3. The minimum Gasteiger partial charge on any atom is -0.456 e. The Morgan fingerprint density at radius 2 is 0.896 bits per heavy atom. The van der Waals surface area contributed by atoms with Crippen molar-refractivity contribution in [3.8, 4) is 22.3 Å². The molecule has 0 fully saturated rings. The Balaban J connectivity index is 1.18. The van der Waals surface area contributed by atoms with Crippen LogP contribution in [0.25, 0.3) is 109 Å². The Bertz CT molecular complexity index is 3060. The lowest BCUT2D eigenvalue weighted by Crippen LogP contribution is -1.91. The third-order valence-electron chi connectivity index (χ3n) is 10.3. The monoisotopic (exact) mass is 610 g/mol. The van der Waals surface area contributed by atoms with E-state index >= 15 is 0 Å². The molecule has 0 spiro atoms. The molecule has 0 saturated heterocycles. The molecule has 2 nitrogen and oxygen atoms in total. The zero-order valence-corrected chi connectivity index (χ0v) is 25.8. The van der Waals surface area contributed by atoms with Crippen LogP contribution in [0.4, 0.5) is 0 Å². The minimum absolute atomic E-state index is 0.881. The van der Waals surface area contributed by atoms with E-state index in [2.05, 4.69) is 146 Å². The largest absolute Gasteiger partial charge is 0.456 e. The predicted octanol–water partition coefficient (Wildman–Crippen LogP) is 13.4. The van der Waals surface area contributed by atoms with Crippen LogP contribution in [0.5, 0.6) is 0 Å². The minimum atomic E-state index is 0.881. The zero-order valence-electron chi connectivity index (χ0n) is 25.8. The first-order chi connectivity index (χ1) is 23.8. The van der Waals surface area contributed by atoms with Gasteiger partial charge in [-0.05, 0) is 96.4 Å². The van der Waals surface area contributed by atoms with Crippen LogP contribution in [0.1, 0.15) is 0 Å². The smallest absolute Gasteiger partial charge is 0.143 e. The number of para-hydroxylation sites is 1. The van der Waals surface area contributed by atoms with Gasteiger partial charge < -0.3 is 8.83 Å². The van der Waals surface area contributed by atoms with Crippen LogP contribution in [0, 0.1) is 0 Å². The summed E-state index contributed by atoms with van der Waals surface area (Å²) in [5, 5.41) is 14.2. The summed E-state index contributed by atoms with van der Waals surface area (Å²) in [5.41, 5.74) is 8.49. The first-order valence-corrected chi connectivity index (χ1v) is 16.4. The molecular weight excluding hydrogens is 585 g/mol. The van der Waals surface area contributed by atoms with Crippen molar-refractivity contribution < 1.29 is 8.83 Å². The van der Waals surface area contributed by atoms with Crippen molar-refractivity contribution in [2.45, 2.75) is 0 Å². The molecule has 11 rings (SSSR count). The first-order valence-electron chi connectivity index (χ1n) is 16.4. The average molecular weight is 611 g/mol. The number of furan rings is 2. The fourth-order valence-electron chi connectivity index (χ4n) is 8.19. The summed E-state index contributed by atoms with van der Waals surface area (Å²) in [5.74, 6) is 0. The van der Waals surface area contributed by atoms with Gasteiger partial charge in [-0.3, -0.25) is 0 Å². The van der Waals surface area contributed by atoms with Gasteiger partial charge in [0.15, 0.2) is 0 Å². The fraction of sp³-hybridized carbons (Fsp3) is 0. The summed E-state index contributed by atoms with van der Waals surface area (Å²) >= 11 is 0. The number of hydrogen-bond donors (Lipinski definition) is 0. The Morgan fingerprint density at radius 3 is 1.69 bits per heavy atom. The molecule has 222 valence electrons. The van der Waals surface area contributed by atoms with Crippen LogP contribution in [0.15, 0.2) is 167 Å². The second-order valence-corrected chi connectivity index (χ2v) is 12.8. The van der Waals surface area contributed by atoms with Crippen LogP contribution < -0.4 is 0 Å². The van der Waals surface area contributed by atoms with Crippen molar-refractivity contribution in [1.82, 2.24) is 0 Å². The van der Waals surface area contributed by atoms with Crippen molar-refractivity contribution in [2.75, 3.05) is 0 Å². The summed E-state index contributed by atoms with van der Waals surface area (Å²) in [6, 6.07) is 56.6. The van der Waals surface area contributed by atoms with E-state index in [4.69, 9.17) is 8.83 Å². The highest BCUT2D eigenvalue weighted by Crippen LogP contribution is 2.47. The molecule has 0 radical (unpaired) electrons. The topological polar surface area (TPSA) is 26.3 Å². The van der Waals surface area contributed by atoms with E-state index in [-0.39, 0.29) is 0 Å². The highest BCUT2D eigenvalue weighted by atomic mass is 16.3. The van der Waals surface area contributed by atoms with Gasteiger partial charge in [0.25, 0.3) is 0 Å². The van der Waals surface area contributed by atoms with Crippen LogP contribution in [0.2, 0.25) is 0 Å². The molecule has 0 aliphatic rings. The number of rotatable bonds is 2. The molecule has 0 amide bonds. The number of fused-ring (bicyclic) bond motifs is 12. The van der Waals surface area contributed by atoms with Crippen molar-refractivity contribution in [1.29, 1.82) is 0 Å². The van der Waals surface area contributed by atoms with Crippen molar-refractivity contribution in [3.63, 3.8) is 0 Å². The molecular formula is C46H26O2. The lowest BCUT2D eigenvalue weighted by molar-refractivity contribution is 0.669. The Labute approximate surface area is 275 Å². The van der Waals surface area contributed by atoms with Crippen LogP contribution in [-0.2, 0) is 0 Å². The normalized spacial score (nSPS) is 12.2. The van der Waals surface area contributed by atoms with Gasteiger partial charge in [-0.15, -0.1) is 0 Å².